The predicted molar refractivity (Wildman–Crippen MR) is 90.0 cm³/mol. The quantitative estimate of drug-likeness (QED) is 0.826. The molecule has 0 radical (unpaired) electrons. The minimum absolute atomic E-state index is 0.0782. The lowest BCUT2D eigenvalue weighted by Gasteiger charge is -2.23. The molecule has 0 aliphatic heterocycles. The van der Waals surface area contributed by atoms with Gasteiger partial charge in [0.25, 0.3) is 0 Å². The Bertz CT molecular complexity index is 679. The first-order valence-electron chi connectivity index (χ1n) is 8.16. The van der Waals surface area contributed by atoms with E-state index in [0.717, 1.165) is 30.2 Å². The van der Waals surface area contributed by atoms with Crippen molar-refractivity contribution in [2.75, 3.05) is 7.11 Å². The van der Waals surface area contributed by atoms with Crippen LogP contribution in [0, 0.1) is 5.92 Å². The van der Waals surface area contributed by atoms with Crippen LogP contribution in [0.2, 0.25) is 0 Å². The van der Waals surface area contributed by atoms with Crippen LogP contribution < -0.4 is 4.74 Å². The lowest BCUT2D eigenvalue weighted by Crippen LogP contribution is -2.17. The second kappa shape index (κ2) is 5.45. The Morgan fingerprint density at radius 1 is 1.27 bits per heavy atom. The molecule has 1 heterocycles. The van der Waals surface area contributed by atoms with Gasteiger partial charge < -0.3 is 4.74 Å². The Morgan fingerprint density at radius 3 is 2.73 bits per heavy atom. The first-order valence-corrected chi connectivity index (χ1v) is 8.16. The summed E-state index contributed by atoms with van der Waals surface area (Å²) in [6, 6.07) is 8.19. The van der Waals surface area contributed by atoms with Gasteiger partial charge in [0.05, 0.1) is 18.5 Å². The van der Waals surface area contributed by atoms with Crippen LogP contribution in [0.5, 0.6) is 5.75 Å². The Hall–Kier alpha value is -1.77. The van der Waals surface area contributed by atoms with Gasteiger partial charge in [-0.1, -0.05) is 33.8 Å². The molecule has 2 aromatic rings. The number of fused-ring (bicyclic) bond motifs is 1. The second-order valence-corrected chi connectivity index (χ2v) is 7.49. The van der Waals surface area contributed by atoms with Crippen LogP contribution in [0.25, 0.3) is 5.69 Å². The normalized spacial score (nSPS) is 18.1. The lowest BCUT2D eigenvalue weighted by atomic mass is 9.82. The van der Waals surface area contributed by atoms with Gasteiger partial charge in [-0.15, -0.1) is 0 Å². The van der Waals surface area contributed by atoms with Crippen molar-refractivity contribution in [1.82, 2.24) is 9.78 Å². The van der Waals surface area contributed by atoms with E-state index in [-0.39, 0.29) is 5.41 Å². The number of aromatic nitrogens is 2. The van der Waals surface area contributed by atoms with E-state index in [1.807, 2.05) is 12.1 Å². The fourth-order valence-electron chi connectivity index (χ4n) is 3.34. The summed E-state index contributed by atoms with van der Waals surface area (Å²) in [5.41, 5.74) is 5.28. The van der Waals surface area contributed by atoms with E-state index in [1.54, 1.807) is 7.11 Å². The van der Waals surface area contributed by atoms with E-state index in [2.05, 4.69) is 44.5 Å². The van der Waals surface area contributed by atoms with E-state index in [9.17, 15) is 0 Å². The van der Waals surface area contributed by atoms with Gasteiger partial charge >= 0.3 is 0 Å². The van der Waals surface area contributed by atoms with Crippen LogP contribution >= 0.6 is 0 Å². The maximum absolute atomic E-state index is 5.37. The summed E-state index contributed by atoms with van der Waals surface area (Å²) in [7, 11) is 1.71. The van der Waals surface area contributed by atoms with Crippen LogP contribution in [-0.2, 0) is 18.3 Å². The van der Waals surface area contributed by atoms with Crippen LogP contribution in [-0.4, -0.2) is 16.9 Å². The van der Waals surface area contributed by atoms with Gasteiger partial charge in [0.1, 0.15) is 5.75 Å². The molecule has 0 saturated carbocycles. The predicted octanol–water partition coefficient (Wildman–Crippen LogP) is 4.30. The van der Waals surface area contributed by atoms with E-state index in [4.69, 9.17) is 9.84 Å². The van der Waals surface area contributed by atoms with Crippen LogP contribution in [0.4, 0.5) is 0 Å². The third-order valence-corrected chi connectivity index (χ3v) is 4.53. The van der Waals surface area contributed by atoms with Crippen molar-refractivity contribution in [3.63, 3.8) is 0 Å². The molecule has 22 heavy (non-hydrogen) atoms. The van der Waals surface area contributed by atoms with Gasteiger partial charge in [-0.2, -0.15) is 5.10 Å². The van der Waals surface area contributed by atoms with Crippen molar-refractivity contribution in [3.05, 3.63) is 41.2 Å². The molecule has 1 aliphatic carbocycles. The molecule has 1 unspecified atom stereocenters. The fourth-order valence-corrected chi connectivity index (χ4v) is 3.34. The third-order valence-electron chi connectivity index (χ3n) is 4.53. The van der Waals surface area contributed by atoms with Crippen LogP contribution in [0.3, 0.4) is 0 Å². The lowest BCUT2D eigenvalue weighted by molar-refractivity contribution is 0.414. The van der Waals surface area contributed by atoms with Crippen molar-refractivity contribution in [2.45, 2.75) is 52.4 Å². The van der Waals surface area contributed by atoms with E-state index >= 15 is 0 Å². The molecule has 3 rings (SSSR count). The van der Waals surface area contributed by atoms with Crippen molar-refractivity contribution in [3.8, 4) is 11.4 Å². The Balaban J connectivity index is 2.17. The topological polar surface area (TPSA) is 27.1 Å². The highest BCUT2D eigenvalue weighted by molar-refractivity contribution is 5.44. The van der Waals surface area contributed by atoms with Gasteiger partial charge in [-0.3, -0.25) is 0 Å². The molecule has 0 amide bonds. The van der Waals surface area contributed by atoms with E-state index in [0.29, 0.717) is 0 Å². The number of nitrogens with zero attached hydrogens (tertiary/aromatic N) is 2. The zero-order valence-electron chi connectivity index (χ0n) is 14.3. The molecule has 0 N–H and O–H groups in total. The summed E-state index contributed by atoms with van der Waals surface area (Å²) in [4.78, 5) is 0. The maximum atomic E-state index is 5.37. The molecular weight excluding hydrogens is 272 g/mol. The average Bonchev–Trinajstić information content (AvgIpc) is 2.86. The highest BCUT2D eigenvalue weighted by atomic mass is 16.5. The monoisotopic (exact) mass is 298 g/mol. The van der Waals surface area contributed by atoms with Gasteiger partial charge in [-0.25, -0.2) is 4.68 Å². The minimum Gasteiger partial charge on any atom is -0.497 e. The molecule has 0 fully saturated rings. The molecule has 1 atom stereocenters. The van der Waals surface area contributed by atoms with Gasteiger partial charge in [0, 0.05) is 17.2 Å². The van der Waals surface area contributed by atoms with E-state index in [1.165, 1.54) is 23.4 Å². The maximum Gasteiger partial charge on any atom is 0.121 e. The van der Waals surface area contributed by atoms with Crippen molar-refractivity contribution >= 4 is 0 Å². The standard InChI is InChI=1S/C19H26N2O/c1-13-9-10-16-17(11-13)21(20-18(16)19(2,3)4)14-7-6-8-15(12-14)22-5/h6-8,12-13H,9-11H2,1-5H3. The van der Waals surface area contributed by atoms with Gasteiger partial charge in [-0.05, 0) is 42.9 Å². The van der Waals surface area contributed by atoms with Crippen LogP contribution in [0.15, 0.2) is 24.3 Å². The van der Waals surface area contributed by atoms with E-state index < -0.39 is 0 Å². The molecule has 0 saturated heterocycles. The highest BCUT2D eigenvalue weighted by Gasteiger charge is 2.30. The summed E-state index contributed by atoms with van der Waals surface area (Å²) in [5, 5.41) is 5.00. The summed E-state index contributed by atoms with van der Waals surface area (Å²) < 4.78 is 7.52. The molecule has 3 heteroatoms. The molecule has 3 nitrogen and oxygen atoms in total. The summed E-state index contributed by atoms with van der Waals surface area (Å²) in [6.07, 6.45) is 3.52. The Labute approximate surface area is 133 Å². The highest BCUT2D eigenvalue weighted by Crippen LogP contribution is 2.35. The van der Waals surface area contributed by atoms with Crippen molar-refractivity contribution in [2.24, 2.45) is 5.92 Å². The summed E-state index contributed by atoms with van der Waals surface area (Å²) in [5.74, 6) is 1.60. The second-order valence-electron chi connectivity index (χ2n) is 7.49. The van der Waals surface area contributed by atoms with Crippen molar-refractivity contribution < 1.29 is 4.74 Å². The minimum atomic E-state index is 0.0782. The smallest absolute Gasteiger partial charge is 0.121 e. The molecule has 0 bridgehead atoms. The zero-order valence-corrected chi connectivity index (χ0v) is 14.3. The molecule has 118 valence electrons. The zero-order chi connectivity index (χ0) is 15.9. The SMILES string of the molecule is COc1cccc(-n2nc(C(C)(C)C)c3c2CC(C)CC3)c1. The number of hydrogen-bond acceptors (Lipinski definition) is 2. The number of hydrogen-bond donors (Lipinski definition) is 0. The van der Waals surface area contributed by atoms with Gasteiger partial charge in [0.2, 0.25) is 0 Å². The van der Waals surface area contributed by atoms with Crippen molar-refractivity contribution in [1.29, 1.82) is 0 Å². The number of benzene rings is 1. The first-order chi connectivity index (χ1) is 10.4. The Morgan fingerprint density at radius 2 is 2.05 bits per heavy atom. The number of ether oxygens (including phenoxy) is 1. The molecule has 0 spiro atoms. The first kappa shape index (κ1) is 15.1. The van der Waals surface area contributed by atoms with Gasteiger partial charge in [0.15, 0.2) is 0 Å². The largest absolute Gasteiger partial charge is 0.497 e. The Kier molecular flexibility index (Phi) is 3.75. The number of methoxy groups -OCH3 is 1. The third kappa shape index (κ3) is 2.65. The average molecular weight is 298 g/mol. The molecule has 1 aromatic carbocycles. The number of rotatable bonds is 2. The summed E-state index contributed by atoms with van der Waals surface area (Å²) in [6.45, 7) is 9.10. The van der Waals surface area contributed by atoms with Crippen LogP contribution in [0.1, 0.15) is 51.1 Å². The molecule has 1 aromatic heterocycles. The molecule has 1 aliphatic rings. The summed E-state index contributed by atoms with van der Waals surface area (Å²) >= 11 is 0. The molecular formula is C19H26N2O. The fraction of sp³-hybridized carbons (Fsp3) is 0.526.